The number of ether oxygens (including phenoxy) is 2. The maximum Gasteiger partial charge on any atom is 0.321 e. The van der Waals surface area contributed by atoms with Gasteiger partial charge in [-0.3, -0.25) is 4.79 Å². The number of nitrogens with zero attached hydrogens (tertiary/aromatic N) is 2. The van der Waals surface area contributed by atoms with Crippen molar-refractivity contribution in [1.82, 2.24) is 9.80 Å². The summed E-state index contributed by atoms with van der Waals surface area (Å²) in [7, 11) is 0. The molecule has 5 rings (SSSR count). The number of amides is 3. The Kier molecular flexibility index (Phi) is 4.77. The molecule has 1 aromatic carbocycles. The third-order valence-electron chi connectivity index (χ3n) is 5.99. The predicted octanol–water partition coefficient (Wildman–Crippen LogP) is 3.70. The smallest absolute Gasteiger partial charge is 0.321 e. The Bertz CT molecular complexity index is 928. The molecule has 1 saturated heterocycles. The predicted molar refractivity (Wildman–Crippen MR) is 109 cm³/mol. The van der Waals surface area contributed by atoms with E-state index in [0.717, 1.165) is 31.4 Å². The monoisotopic (exact) mass is 411 g/mol. The first-order valence-electron chi connectivity index (χ1n) is 10.5. The number of hydrogen-bond donors (Lipinski definition) is 1. The average molecular weight is 411 g/mol. The molecule has 8 heteroatoms. The molecule has 158 valence electrons. The molecule has 1 N–H and O–H groups in total. The molecule has 0 unspecified atom stereocenters. The molecule has 30 heavy (non-hydrogen) atoms. The van der Waals surface area contributed by atoms with Gasteiger partial charge in [-0.1, -0.05) is 6.42 Å². The Balaban J connectivity index is 1.17. The molecule has 1 aliphatic carbocycles. The van der Waals surface area contributed by atoms with Crippen LogP contribution in [0.4, 0.5) is 10.5 Å². The highest BCUT2D eigenvalue weighted by Crippen LogP contribution is 2.46. The summed E-state index contributed by atoms with van der Waals surface area (Å²) in [5.41, 5.74) is 0.671. The van der Waals surface area contributed by atoms with Crippen LogP contribution in [-0.4, -0.2) is 53.7 Å². The maximum atomic E-state index is 12.7. The lowest BCUT2D eigenvalue weighted by Crippen LogP contribution is -2.51. The number of benzene rings is 1. The van der Waals surface area contributed by atoms with Crippen molar-refractivity contribution in [2.45, 2.75) is 37.9 Å². The van der Waals surface area contributed by atoms with E-state index in [1.165, 1.54) is 12.7 Å². The van der Waals surface area contributed by atoms with Gasteiger partial charge in [-0.25, -0.2) is 4.79 Å². The number of rotatable bonds is 2. The number of carbonyl (C=O) groups excluding carboxylic acids is 2. The fourth-order valence-electron chi connectivity index (χ4n) is 4.34. The summed E-state index contributed by atoms with van der Waals surface area (Å²) in [5, 5.41) is 2.93. The molecular formula is C22H25N3O5. The first kappa shape index (κ1) is 18.8. The van der Waals surface area contributed by atoms with Crippen molar-refractivity contribution >= 4 is 17.6 Å². The number of nitrogens with one attached hydrogen (secondary N) is 1. The first-order valence-corrected chi connectivity index (χ1v) is 10.5. The van der Waals surface area contributed by atoms with Gasteiger partial charge in [0.2, 0.25) is 0 Å². The molecule has 2 aromatic rings. The minimum atomic E-state index is -0.528. The fraction of sp³-hybridized carbons (Fsp3) is 0.455. The van der Waals surface area contributed by atoms with Gasteiger partial charge in [0, 0.05) is 50.8 Å². The van der Waals surface area contributed by atoms with Crippen LogP contribution in [0.5, 0.6) is 11.5 Å². The van der Waals surface area contributed by atoms with Crippen LogP contribution in [-0.2, 0) is 0 Å². The minimum Gasteiger partial charge on any atom is -0.459 e. The fourth-order valence-corrected chi connectivity index (χ4v) is 4.34. The van der Waals surface area contributed by atoms with Gasteiger partial charge < -0.3 is 29.0 Å². The van der Waals surface area contributed by atoms with Crippen molar-refractivity contribution in [2.24, 2.45) is 0 Å². The lowest BCUT2D eigenvalue weighted by Gasteiger charge is -2.34. The topological polar surface area (TPSA) is 84.3 Å². The van der Waals surface area contributed by atoms with Crippen LogP contribution < -0.4 is 14.8 Å². The highest BCUT2D eigenvalue weighted by molar-refractivity contribution is 5.92. The van der Waals surface area contributed by atoms with Crippen molar-refractivity contribution in [2.75, 3.05) is 31.5 Å². The molecule has 2 fully saturated rings. The van der Waals surface area contributed by atoms with Crippen molar-refractivity contribution in [1.29, 1.82) is 0 Å². The van der Waals surface area contributed by atoms with Crippen molar-refractivity contribution in [3.63, 3.8) is 0 Å². The quantitative estimate of drug-likeness (QED) is 0.815. The zero-order valence-corrected chi connectivity index (χ0v) is 16.8. The Hall–Kier alpha value is -3.16. The molecular weight excluding hydrogens is 386 g/mol. The number of anilines is 1. The molecule has 1 spiro atoms. The third kappa shape index (κ3) is 3.58. The van der Waals surface area contributed by atoms with Gasteiger partial charge in [-0.15, -0.1) is 0 Å². The van der Waals surface area contributed by atoms with E-state index in [2.05, 4.69) is 5.32 Å². The molecule has 2 aliphatic heterocycles. The normalized spacial score (nSPS) is 19.7. The number of piperazine rings is 1. The third-order valence-corrected chi connectivity index (χ3v) is 5.99. The van der Waals surface area contributed by atoms with E-state index >= 15 is 0 Å². The van der Waals surface area contributed by atoms with Gasteiger partial charge in [0.05, 0.1) is 6.26 Å². The van der Waals surface area contributed by atoms with E-state index in [0.29, 0.717) is 43.4 Å². The Morgan fingerprint density at radius 2 is 1.63 bits per heavy atom. The summed E-state index contributed by atoms with van der Waals surface area (Å²) in [5.74, 6) is 1.07. The highest BCUT2D eigenvalue weighted by Gasteiger charge is 2.42. The SMILES string of the molecule is O=C(Nc1ccc2c(c1)OC1(CCCCC1)O2)N1CCN(C(=O)c2ccco2)CC1. The number of fused-ring (bicyclic) bond motifs is 1. The van der Waals surface area contributed by atoms with Gasteiger partial charge in [0.1, 0.15) is 0 Å². The van der Waals surface area contributed by atoms with E-state index < -0.39 is 5.79 Å². The van der Waals surface area contributed by atoms with Crippen molar-refractivity contribution in [3.05, 3.63) is 42.4 Å². The zero-order valence-electron chi connectivity index (χ0n) is 16.8. The summed E-state index contributed by atoms with van der Waals surface area (Å²) in [6.45, 7) is 1.87. The lowest BCUT2D eigenvalue weighted by atomic mass is 9.94. The molecule has 0 atom stereocenters. The van der Waals surface area contributed by atoms with Crippen LogP contribution >= 0.6 is 0 Å². The van der Waals surface area contributed by atoms with E-state index in [1.54, 1.807) is 21.9 Å². The van der Waals surface area contributed by atoms with E-state index in [-0.39, 0.29) is 11.9 Å². The Morgan fingerprint density at radius 3 is 2.37 bits per heavy atom. The van der Waals surface area contributed by atoms with Gasteiger partial charge in [-0.2, -0.15) is 0 Å². The van der Waals surface area contributed by atoms with Crippen LogP contribution in [0.3, 0.4) is 0 Å². The molecule has 3 heterocycles. The summed E-state index contributed by atoms with van der Waals surface area (Å²) >= 11 is 0. The number of urea groups is 1. The van der Waals surface area contributed by atoms with Crippen LogP contribution in [0.15, 0.2) is 41.0 Å². The van der Waals surface area contributed by atoms with Gasteiger partial charge >= 0.3 is 6.03 Å². The second kappa shape index (κ2) is 7.59. The van der Waals surface area contributed by atoms with E-state index in [1.807, 2.05) is 18.2 Å². The van der Waals surface area contributed by atoms with Crippen LogP contribution in [0.1, 0.15) is 42.7 Å². The van der Waals surface area contributed by atoms with Crippen LogP contribution in [0.25, 0.3) is 0 Å². The van der Waals surface area contributed by atoms with E-state index in [4.69, 9.17) is 13.9 Å². The second-order valence-electron chi connectivity index (χ2n) is 8.02. The molecule has 3 amide bonds. The van der Waals surface area contributed by atoms with Crippen LogP contribution in [0, 0.1) is 0 Å². The summed E-state index contributed by atoms with van der Waals surface area (Å²) in [6, 6.07) is 8.67. The molecule has 1 aromatic heterocycles. The molecule has 0 radical (unpaired) electrons. The van der Waals surface area contributed by atoms with Gasteiger partial charge in [0.25, 0.3) is 11.7 Å². The summed E-state index contributed by atoms with van der Waals surface area (Å²) in [4.78, 5) is 28.4. The Morgan fingerprint density at radius 1 is 0.900 bits per heavy atom. The molecule has 3 aliphatic rings. The zero-order chi connectivity index (χ0) is 20.6. The maximum absolute atomic E-state index is 12.7. The number of hydrogen-bond acceptors (Lipinski definition) is 5. The largest absolute Gasteiger partial charge is 0.459 e. The summed E-state index contributed by atoms with van der Waals surface area (Å²) < 4.78 is 17.4. The van der Waals surface area contributed by atoms with Crippen LogP contribution in [0.2, 0.25) is 0 Å². The lowest BCUT2D eigenvalue weighted by molar-refractivity contribution is -0.105. The molecule has 0 bridgehead atoms. The standard InChI is InChI=1S/C22H25N3O5/c26-20(18-5-4-14-28-18)24-10-12-25(13-11-24)21(27)23-16-6-7-17-19(15-16)30-22(29-17)8-2-1-3-9-22/h4-7,14-15H,1-3,8-13H2,(H,23,27). The second-order valence-corrected chi connectivity index (χ2v) is 8.02. The number of carbonyl (C=O) groups is 2. The minimum absolute atomic E-state index is 0.146. The Labute approximate surface area is 174 Å². The first-order chi connectivity index (χ1) is 14.6. The highest BCUT2D eigenvalue weighted by atomic mass is 16.7. The van der Waals surface area contributed by atoms with Crippen molar-refractivity contribution < 1.29 is 23.5 Å². The average Bonchev–Trinajstić information content (AvgIpc) is 3.41. The summed E-state index contributed by atoms with van der Waals surface area (Å²) in [6.07, 6.45) is 6.69. The van der Waals surface area contributed by atoms with Gasteiger partial charge in [-0.05, 0) is 37.1 Å². The molecule has 1 saturated carbocycles. The number of furan rings is 1. The van der Waals surface area contributed by atoms with Gasteiger partial charge in [0.15, 0.2) is 17.3 Å². The van der Waals surface area contributed by atoms with E-state index in [9.17, 15) is 9.59 Å². The molecule has 8 nitrogen and oxygen atoms in total. The van der Waals surface area contributed by atoms with Crippen molar-refractivity contribution in [3.8, 4) is 11.5 Å².